The number of allylic oxidation sites excluding steroid dienone is 2. The van der Waals surface area contributed by atoms with E-state index in [4.69, 9.17) is 0 Å². The van der Waals surface area contributed by atoms with Crippen LogP contribution in [0.4, 0.5) is 8.78 Å². The zero-order chi connectivity index (χ0) is 11.1. The van der Waals surface area contributed by atoms with Gasteiger partial charge in [-0.3, -0.25) is 0 Å². The van der Waals surface area contributed by atoms with Gasteiger partial charge >= 0.3 is 0 Å². The Morgan fingerprint density at radius 3 is 1.93 bits per heavy atom. The Morgan fingerprint density at radius 1 is 1.13 bits per heavy atom. The molecule has 2 rings (SSSR count). The standard InChI is InChI=1S/C7H10F2.C6H8.H2/c8-7(9)5-3-1-2-4-6-7;1-6-4-2-3-5-6;/h1-2H,3-6H2;6H,4-5H2,1H3;1H. The fourth-order valence-electron chi connectivity index (χ4n) is 1.51. The maximum absolute atomic E-state index is 12.4. The van der Waals surface area contributed by atoms with Crippen molar-refractivity contribution in [1.29, 1.82) is 0 Å². The van der Waals surface area contributed by atoms with Crippen LogP contribution >= 0.6 is 0 Å². The first-order chi connectivity index (χ1) is 7.10. The van der Waals surface area contributed by atoms with Gasteiger partial charge in [0.05, 0.1) is 0 Å². The Morgan fingerprint density at radius 2 is 1.60 bits per heavy atom. The molecule has 0 atom stereocenters. The van der Waals surface area contributed by atoms with Crippen LogP contribution in [0.5, 0.6) is 0 Å². The predicted octanol–water partition coefficient (Wildman–Crippen LogP) is 4.42. The second kappa shape index (κ2) is 5.90. The Balaban J connectivity index is 0.000000283. The molecule has 2 aliphatic carbocycles. The average Bonchev–Trinajstić information content (AvgIpc) is 2.54. The number of rotatable bonds is 0. The molecule has 2 heteroatoms. The Kier molecular flexibility index (Phi) is 4.81. The van der Waals surface area contributed by atoms with Crippen LogP contribution in [0.15, 0.2) is 12.2 Å². The van der Waals surface area contributed by atoms with Gasteiger partial charge in [0.2, 0.25) is 5.92 Å². The van der Waals surface area contributed by atoms with Gasteiger partial charge in [-0.15, -0.1) is 11.8 Å². The molecule has 0 aromatic heterocycles. The second-order valence-electron chi connectivity index (χ2n) is 4.27. The third-order valence-electron chi connectivity index (χ3n) is 2.55. The lowest BCUT2D eigenvalue weighted by Gasteiger charge is -2.11. The fourth-order valence-corrected chi connectivity index (χ4v) is 1.51. The molecular weight excluding hydrogens is 194 g/mol. The van der Waals surface area contributed by atoms with Crippen LogP contribution in [0.1, 0.15) is 46.9 Å². The largest absolute Gasteiger partial charge is 0.248 e. The molecule has 2 aliphatic rings. The number of hydrogen-bond acceptors (Lipinski definition) is 0. The first kappa shape index (κ1) is 12.2. The van der Waals surface area contributed by atoms with E-state index in [1.807, 2.05) is 12.2 Å². The van der Waals surface area contributed by atoms with Crippen molar-refractivity contribution in [1.82, 2.24) is 0 Å². The van der Waals surface area contributed by atoms with Crippen molar-refractivity contribution in [3.8, 4) is 11.8 Å². The van der Waals surface area contributed by atoms with Gasteiger partial charge in [0, 0.05) is 27.1 Å². The molecule has 0 nitrogen and oxygen atoms in total. The maximum atomic E-state index is 12.4. The topological polar surface area (TPSA) is 0 Å². The minimum absolute atomic E-state index is 0. The van der Waals surface area contributed by atoms with Crippen LogP contribution < -0.4 is 0 Å². The number of alkyl halides is 2. The highest BCUT2D eigenvalue weighted by atomic mass is 19.3. The molecule has 0 spiro atoms. The van der Waals surface area contributed by atoms with Gasteiger partial charge in [0.15, 0.2) is 0 Å². The Bertz CT molecular complexity index is 251. The predicted molar refractivity (Wildman–Crippen MR) is 60.8 cm³/mol. The molecule has 86 valence electrons. The van der Waals surface area contributed by atoms with Crippen LogP contribution in [0, 0.1) is 17.8 Å². The number of halogens is 2. The van der Waals surface area contributed by atoms with Gasteiger partial charge in [-0.25, -0.2) is 8.78 Å². The highest BCUT2D eigenvalue weighted by molar-refractivity contribution is 5.07. The fraction of sp³-hybridized carbons (Fsp3) is 0.692. The van der Waals surface area contributed by atoms with E-state index in [2.05, 4.69) is 18.8 Å². The Labute approximate surface area is 92.2 Å². The van der Waals surface area contributed by atoms with Crippen LogP contribution in [0.25, 0.3) is 0 Å². The van der Waals surface area contributed by atoms with Gasteiger partial charge in [-0.05, 0) is 18.8 Å². The zero-order valence-corrected chi connectivity index (χ0v) is 9.23. The van der Waals surface area contributed by atoms with Crippen molar-refractivity contribution in [2.75, 3.05) is 0 Å². The first-order valence-electron chi connectivity index (χ1n) is 5.59. The molecule has 0 aromatic carbocycles. The van der Waals surface area contributed by atoms with E-state index in [-0.39, 0.29) is 14.3 Å². The molecule has 0 saturated carbocycles. The summed E-state index contributed by atoms with van der Waals surface area (Å²) in [4.78, 5) is 0. The van der Waals surface area contributed by atoms with E-state index in [9.17, 15) is 8.78 Å². The van der Waals surface area contributed by atoms with Crippen molar-refractivity contribution < 1.29 is 10.2 Å². The van der Waals surface area contributed by atoms with Crippen LogP contribution in [0.3, 0.4) is 0 Å². The molecule has 15 heavy (non-hydrogen) atoms. The van der Waals surface area contributed by atoms with Crippen molar-refractivity contribution in [2.24, 2.45) is 5.92 Å². The molecule has 0 heterocycles. The molecule has 0 aromatic rings. The summed E-state index contributed by atoms with van der Waals surface area (Å²) in [6.45, 7) is 2.22. The van der Waals surface area contributed by atoms with E-state index < -0.39 is 5.92 Å². The van der Waals surface area contributed by atoms with Gasteiger partial charge in [-0.2, -0.15) is 0 Å². The summed E-state index contributed by atoms with van der Waals surface area (Å²) in [6.07, 6.45) is 7.05. The lowest BCUT2D eigenvalue weighted by Crippen LogP contribution is -2.13. The van der Waals surface area contributed by atoms with E-state index in [0.717, 1.165) is 18.8 Å². The van der Waals surface area contributed by atoms with Crippen molar-refractivity contribution in [3.05, 3.63) is 12.2 Å². The van der Waals surface area contributed by atoms with Crippen LogP contribution in [0.2, 0.25) is 0 Å². The molecule has 0 amide bonds. The van der Waals surface area contributed by atoms with E-state index in [1.54, 1.807) is 0 Å². The second-order valence-corrected chi connectivity index (χ2v) is 4.27. The highest BCUT2D eigenvalue weighted by Crippen LogP contribution is 2.28. The lowest BCUT2D eigenvalue weighted by atomic mass is 10.1. The summed E-state index contributed by atoms with van der Waals surface area (Å²) < 4.78 is 24.8. The molecular formula is C13H20F2. The first-order valence-corrected chi connectivity index (χ1v) is 5.59. The lowest BCUT2D eigenvalue weighted by molar-refractivity contribution is -0.0124. The normalized spacial score (nSPS) is 23.4. The zero-order valence-electron chi connectivity index (χ0n) is 9.23. The molecule has 0 aliphatic heterocycles. The van der Waals surface area contributed by atoms with E-state index in [0.29, 0.717) is 12.8 Å². The summed E-state index contributed by atoms with van der Waals surface area (Å²) in [5.74, 6) is 4.47. The third-order valence-corrected chi connectivity index (χ3v) is 2.55. The quantitative estimate of drug-likeness (QED) is 0.413. The average molecular weight is 214 g/mol. The molecule has 0 saturated heterocycles. The molecule has 0 radical (unpaired) electrons. The van der Waals surface area contributed by atoms with Crippen LogP contribution in [-0.2, 0) is 0 Å². The number of hydrogen-bond donors (Lipinski definition) is 0. The minimum Gasteiger partial charge on any atom is -0.207 e. The third kappa shape index (κ3) is 5.57. The summed E-state index contributed by atoms with van der Waals surface area (Å²) in [6, 6.07) is 0. The van der Waals surface area contributed by atoms with Crippen LogP contribution in [-0.4, -0.2) is 5.92 Å². The maximum Gasteiger partial charge on any atom is 0.248 e. The van der Waals surface area contributed by atoms with Gasteiger partial charge < -0.3 is 0 Å². The van der Waals surface area contributed by atoms with E-state index >= 15 is 0 Å². The SMILES string of the molecule is CC1CC#CC1.FC1(F)CCC=CCC1.[HH]. The monoisotopic (exact) mass is 214 g/mol. The summed E-state index contributed by atoms with van der Waals surface area (Å²) in [5.41, 5.74) is 0. The Hall–Kier alpha value is -0.840. The smallest absolute Gasteiger partial charge is 0.207 e. The molecule has 0 fully saturated rings. The highest BCUT2D eigenvalue weighted by Gasteiger charge is 2.27. The molecule has 0 N–H and O–H groups in total. The molecule has 0 bridgehead atoms. The van der Waals surface area contributed by atoms with Gasteiger partial charge in [0.1, 0.15) is 0 Å². The minimum atomic E-state index is -2.40. The summed E-state index contributed by atoms with van der Waals surface area (Å²) >= 11 is 0. The van der Waals surface area contributed by atoms with Crippen molar-refractivity contribution in [3.63, 3.8) is 0 Å². The van der Waals surface area contributed by atoms with Crippen molar-refractivity contribution >= 4 is 0 Å². The molecule has 0 unspecified atom stereocenters. The van der Waals surface area contributed by atoms with Crippen molar-refractivity contribution in [2.45, 2.75) is 51.4 Å². The summed E-state index contributed by atoms with van der Waals surface area (Å²) in [5, 5.41) is 0. The van der Waals surface area contributed by atoms with Gasteiger partial charge in [-0.1, -0.05) is 19.1 Å². The van der Waals surface area contributed by atoms with E-state index in [1.165, 1.54) is 0 Å². The van der Waals surface area contributed by atoms with Gasteiger partial charge in [0.25, 0.3) is 0 Å². The summed E-state index contributed by atoms with van der Waals surface area (Å²) in [7, 11) is 0.